The molecule has 6 heteroatoms. The molecular weight excluding hydrogens is 244 g/mol. The summed E-state index contributed by atoms with van der Waals surface area (Å²) in [6, 6.07) is -0.0433. The summed E-state index contributed by atoms with van der Waals surface area (Å²) < 4.78 is 36.5. The molecule has 2 rings (SSSR count). The second-order valence-electron chi connectivity index (χ2n) is 5.20. The van der Waals surface area contributed by atoms with Gasteiger partial charge >= 0.3 is 0 Å². The number of nitrogens with one attached hydrogen (secondary N) is 1. The van der Waals surface area contributed by atoms with Crippen LogP contribution in [-0.2, 0) is 14.3 Å². The molecule has 4 nitrogen and oxygen atoms in total. The topological polar surface area (TPSA) is 47.6 Å². The van der Waals surface area contributed by atoms with Crippen LogP contribution in [0.2, 0.25) is 0 Å². The lowest BCUT2D eigenvalue weighted by Gasteiger charge is -2.35. The van der Waals surface area contributed by atoms with Crippen LogP contribution in [0.5, 0.6) is 0 Å². The minimum Gasteiger partial charge on any atom is -0.353 e. The van der Waals surface area contributed by atoms with Crippen LogP contribution in [0, 0.1) is 0 Å². The largest absolute Gasteiger partial charge is 0.353 e. The highest BCUT2D eigenvalue weighted by Crippen LogP contribution is 2.35. The lowest BCUT2D eigenvalue weighted by Crippen LogP contribution is -2.44. The number of hydrogen-bond acceptors (Lipinski definition) is 3. The Morgan fingerprint density at radius 2 is 1.89 bits per heavy atom. The van der Waals surface area contributed by atoms with Gasteiger partial charge in [0.25, 0.3) is 5.92 Å². The maximum Gasteiger partial charge on any atom is 0.254 e. The number of hydrogen-bond donors (Lipinski definition) is 1. The number of alkyl halides is 2. The van der Waals surface area contributed by atoms with Crippen LogP contribution >= 0.6 is 0 Å². The normalized spacial score (nSPS) is 24.4. The van der Waals surface area contributed by atoms with Gasteiger partial charge in [-0.15, -0.1) is 0 Å². The third kappa shape index (κ3) is 3.62. The predicted molar refractivity (Wildman–Crippen MR) is 60.3 cm³/mol. The van der Waals surface area contributed by atoms with Gasteiger partial charge < -0.3 is 14.8 Å². The van der Waals surface area contributed by atoms with Gasteiger partial charge in [0.15, 0.2) is 5.79 Å². The molecule has 2 aliphatic rings. The molecule has 0 radical (unpaired) electrons. The van der Waals surface area contributed by atoms with Gasteiger partial charge in [0.05, 0.1) is 19.6 Å². The molecule has 0 bridgehead atoms. The van der Waals surface area contributed by atoms with E-state index in [4.69, 9.17) is 9.47 Å². The molecule has 2 fully saturated rings. The van der Waals surface area contributed by atoms with Crippen molar-refractivity contribution in [2.24, 2.45) is 0 Å². The van der Waals surface area contributed by atoms with Crippen molar-refractivity contribution >= 4 is 5.91 Å². The van der Waals surface area contributed by atoms with Crippen molar-refractivity contribution in [2.75, 3.05) is 13.2 Å². The van der Waals surface area contributed by atoms with E-state index in [1.807, 2.05) is 0 Å². The summed E-state index contributed by atoms with van der Waals surface area (Å²) in [5.41, 5.74) is 0. The average molecular weight is 263 g/mol. The van der Waals surface area contributed by atoms with E-state index in [0.29, 0.717) is 38.9 Å². The zero-order chi connectivity index (χ0) is 13.2. The van der Waals surface area contributed by atoms with Gasteiger partial charge in [0, 0.05) is 18.9 Å². The van der Waals surface area contributed by atoms with Crippen LogP contribution in [0.1, 0.15) is 39.0 Å². The summed E-state index contributed by atoms with van der Waals surface area (Å²) in [5, 5.41) is 2.65. The molecule has 1 spiro atoms. The van der Waals surface area contributed by atoms with Crippen molar-refractivity contribution < 1.29 is 23.0 Å². The zero-order valence-corrected chi connectivity index (χ0v) is 10.5. The third-order valence-corrected chi connectivity index (χ3v) is 3.40. The number of amides is 1. The van der Waals surface area contributed by atoms with Crippen LogP contribution in [0.15, 0.2) is 0 Å². The molecule has 0 atom stereocenters. The summed E-state index contributed by atoms with van der Waals surface area (Å²) in [6.45, 7) is 1.97. The zero-order valence-electron chi connectivity index (χ0n) is 10.5. The number of rotatable bonds is 3. The summed E-state index contributed by atoms with van der Waals surface area (Å²) >= 11 is 0. The Kier molecular flexibility index (Phi) is 3.87. The molecule has 0 aromatic rings. The fourth-order valence-corrected chi connectivity index (χ4v) is 2.55. The number of halogens is 2. The van der Waals surface area contributed by atoms with Gasteiger partial charge in [-0.2, -0.15) is 0 Å². The van der Waals surface area contributed by atoms with Crippen molar-refractivity contribution in [3.63, 3.8) is 0 Å². The van der Waals surface area contributed by atoms with E-state index in [1.54, 1.807) is 0 Å². The molecule has 1 saturated heterocycles. The predicted octanol–water partition coefficient (Wildman–Crippen LogP) is 1.83. The molecular formula is C12H19F2NO3. The summed E-state index contributed by atoms with van der Waals surface area (Å²) in [6.07, 6.45) is 2.09. The Bertz CT molecular complexity index is 301. The third-order valence-electron chi connectivity index (χ3n) is 3.40. The highest BCUT2D eigenvalue weighted by molar-refractivity contribution is 5.77. The van der Waals surface area contributed by atoms with Crippen LogP contribution in [0.4, 0.5) is 8.78 Å². The fraction of sp³-hybridized carbons (Fsp3) is 0.917. The smallest absolute Gasteiger partial charge is 0.254 e. The van der Waals surface area contributed by atoms with Gasteiger partial charge in [0.1, 0.15) is 0 Å². The number of ether oxygens (including phenoxy) is 2. The Balaban J connectivity index is 1.75. The maximum absolute atomic E-state index is 12.7. The first kappa shape index (κ1) is 13.7. The first-order chi connectivity index (χ1) is 8.39. The summed E-state index contributed by atoms with van der Waals surface area (Å²) in [7, 11) is 0. The van der Waals surface area contributed by atoms with Gasteiger partial charge in [-0.1, -0.05) is 0 Å². The van der Waals surface area contributed by atoms with Crippen LogP contribution < -0.4 is 5.32 Å². The van der Waals surface area contributed by atoms with Crippen molar-refractivity contribution in [3.8, 4) is 0 Å². The second kappa shape index (κ2) is 5.09. The SMILES string of the molecule is CC(F)(F)CC(=O)NC1CCC2(CC1)OCCO2. The van der Waals surface area contributed by atoms with Gasteiger partial charge in [0.2, 0.25) is 5.91 Å². The summed E-state index contributed by atoms with van der Waals surface area (Å²) in [4.78, 5) is 11.4. The first-order valence-corrected chi connectivity index (χ1v) is 6.34. The van der Waals surface area contributed by atoms with Crippen molar-refractivity contribution in [1.29, 1.82) is 0 Å². The molecule has 1 saturated carbocycles. The molecule has 0 unspecified atom stereocenters. The maximum atomic E-state index is 12.7. The molecule has 1 N–H and O–H groups in total. The van der Waals surface area contributed by atoms with Gasteiger partial charge in [-0.25, -0.2) is 8.78 Å². The quantitative estimate of drug-likeness (QED) is 0.845. The standard InChI is InChI=1S/C12H19F2NO3/c1-11(13,14)8-10(16)15-9-2-4-12(5-3-9)17-6-7-18-12/h9H,2-8H2,1H3,(H,15,16). The molecule has 18 heavy (non-hydrogen) atoms. The lowest BCUT2D eigenvalue weighted by molar-refractivity contribution is -0.180. The van der Waals surface area contributed by atoms with Gasteiger partial charge in [-0.05, 0) is 19.8 Å². The first-order valence-electron chi connectivity index (χ1n) is 6.34. The van der Waals surface area contributed by atoms with Crippen molar-refractivity contribution in [1.82, 2.24) is 5.32 Å². The van der Waals surface area contributed by atoms with Crippen molar-refractivity contribution in [2.45, 2.75) is 56.8 Å². The minimum atomic E-state index is -2.95. The molecule has 0 aromatic carbocycles. The van der Waals surface area contributed by atoms with E-state index in [1.165, 1.54) is 0 Å². The van der Waals surface area contributed by atoms with Crippen LogP contribution in [0.25, 0.3) is 0 Å². The molecule has 0 aromatic heterocycles. The number of carbonyl (C=O) groups excluding carboxylic acids is 1. The number of carbonyl (C=O) groups is 1. The van der Waals surface area contributed by atoms with E-state index in [2.05, 4.69) is 5.32 Å². The Morgan fingerprint density at radius 1 is 1.33 bits per heavy atom. The molecule has 1 amide bonds. The molecule has 1 heterocycles. The molecule has 1 aliphatic heterocycles. The van der Waals surface area contributed by atoms with Crippen LogP contribution in [-0.4, -0.2) is 36.9 Å². The molecule has 104 valence electrons. The highest BCUT2D eigenvalue weighted by atomic mass is 19.3. The lowest BCUT2D eigenvalue weighted by atomic mass is 9.90. The van der Waals surface area contributed by atoms with Crippen molar-refractivity contribution in [3.05, 3.63) is 0 Å². The second-order valence-corrected chi connectivity index (χ2v) is 5.20. The Morgan fingerprint density at radius 3 is 2.39 bits per heavy atom. The minimum absolute atomic E-state index is 0.0433. The fourth-order valence-electron chi connectivity index (χ4n) is 2.55. The monoisotopic (exact) mass is 263 g/mol. The van der Waals surface area contributed by atoms with Crippen LogP contribution in [0.3, 0.4) is 0 Å². The average Bonchev–Trinajstić information content (AvgIpc) is 2.68. The Labute approximate surface area is 105 Å². The van der Waals surface area contributed by atoms with E-state index >= 15 is 0 Å². The van der Waals surface area contributed by atoms with E-state index in [-0.39, 0.29) is 6.04 Å². The van der Waals surface area contributed by atoms with E-state index in [9.17, 15) is 13.6 Å². The van der Waals surface area contributed by atoms with E-state index in [0.717, 1.165) is 6.92 Å². The van der Waals surface area contributed by atoms with Gasteiger partial charge in [-0.3, -0.25) is 4.79 Å². The molecule has 1 aliphatic carbocycles. The highest BCUT2D eigenvalue weighted by Gasteiger charge is 2.40. The summed E-state index contributed by atoms with van der Waals surface area (Å²) in [5.74, 6) is -4.01. The van der Waals surface area contributed by atoms with E-state index < -0.39 is 24.0 Å². The Hall–Kier alpha value is -0.750.